The molecule has 0 unspecified atom stereocenters. The van der Waals surface area contributed by atoms with Crippen molar-refractivity contribution in [2.24, 2.45) is 9.98 Å². The monoisotopic (exact) mass is 458 g/mol. The third kappa shape index (κ3) is 3.70. The molecular weight excluding hydrogens is 424 g/mol. The minimum absolute atomic E-state index is 0.451. The van der Waals surface area contributed by atoms with E-state index in [0.717, 1.165) is 32.1 Å². The minimum atomic E-state index is -0.592. The molecular formula is C28H34N4O2. The average Bonchev–Trinajstić information content (AvgIpc) is 3.05. The first-order valence-corrected chi connectivity index (χ1v) is 11.7. The zero-order valence-electron chi connectivity index (χ0n) is 21.4. The SMILES string of the molecule is CC1(C)N=C(c2ccc(/C=C/c3ccc(C4=NC(C)(C)C(C)(C)[N+]4=O)cc3)cc2)N([O-])C1(C)C. The summed E-state index contributed by atoms with van der Waals surface area (Å²) in [5.74, 6) is 0.962. The number of nitrogens with zero attached hydrogens (tertiary/aromatic N) is 4. The van der Waals surface area contributed by atoms with Crippen LogP contribution in [0.2, 0.25) is 0 Å². The number of hydrogen-bond acceptors (Lipinski definition) is 5. The van der Waals surface area contributed by atoms with Crippen LogP contribution in [0.25, 0.3) is 12.2 Å². The predicted octanol–water partition coefficient (Wildman–Crippen LogP) is 6.07. The van der Waals surface area contributed by atoms with Gasteiger partial charge in [-0.15, -0.1) is 0 Å². The Bertz CT molecular complexity index is 1210. The van der Waals surface area contributed by atoms with Crippen molar-refractivity contribution in [1.82, 2.24) is 5.06 Å². The van der Waals surface area contributed by atoms with Gasteiger partial charge in [0, 0.05) is 11.1 Å². The van der Waals surface area contributed by atoms with Crippen LogP contribution < -0.4 is 0 Å². The normalized spacial score (nSPS) is 22.3. The second-order valence-corrected chi connectivity index (χ2v) is 11.3. The maximum absolute atomic E-state index is 12.8. The predicted molar refractivity (Wildman–Crippen MR) is 140 cm³/mol. The summed E-state index contributed by atoms with van der Waals surface area (Å²) in [6.07, 6.45) is 4.05. The molecule has 0 fully saturated rings. The Morgan fingerprint density at radius 1 is 0.735 bits per heavy atom. The largest absolute Gasteiger partial charge is 0.757 e. The third-order valence-corrected chi connectivity index (χ3v) is 7.97. The van der Waals surface area contributed by atoms with Gasteiger partial charge in [0.25, 0.3) is 0 Å². The molecule has 34 heavy (non-hydrogen) atoms. The molecule has 2 aliphatic heterocycles. The summed E-state index contributed by atoms with van der Waals surface area (Å²) >= 11 is 0. The number of benzene rings is 2. The van der Waals surface area contributed by atoms with E-state index < -0.39 is 22.2 Å². The summed E-state index contributed by atoms with van der Waals surface area (Å²) in [5.41, 5.74) is 1.60. The van der Waals surface area contributed by atoms with Crippen LogP contribution in [0.3, 0.4) is 0 Å². The van der Waals surface area contributed by atoms with Crippen LogP contribution in [-0.4, -0.2) is 43.7 Å². The Balaban J connectivity index is 1.49. The lowest BCUT2D eigenvalue weighted by molar-refractivity contribution is -0.514. The molecule has 2 aromatic rings. The number of amidine groups is 2. The third-order valence-electron chi connectivity index (χ3n) is 7.97. The number of rotatable bonds is 4. The first-order valence-electron chi connectivity index (χ1n) is 11.7. The zero-order chi connectivity index (χ0) is 25.1. The molecule has 2 heterocycles. The lowest BCUT2D eigenvalue weighted by Crippen LogP contribution is -2.50. The number of nitroso groups, excluding NO2 is 1. The molecule has 6 nitrogen and oxygen atoms in total. The van der Waals surface area contributed by atoms with Crippen molar-refractivity contribution in [2.45, 2.75) is 77.5 Å². The van der Waals surface area contributed by atoms with E-state index in [9.17, 15) is 10.1 Å². The highest BCUT2D eigenvalue weighted by atomic mass is 16.5. The molecule has 0 amide bonds. The van der Waals surface area contributed by atoms with Crippen molar-refractivity contribution in [2.75, 3.05) is 0 Å². The first-order chi connectivity index (χ1) is 15.7. The molecule has 0 N–H and O–H groups in total. The van der Waals surface area contributed by atoms with Gasteiger partial charge in [0.15, 0.2) is 11.1 Å². The Hall–Kier alpha value is -3.12. The molecule has 0 bridgehead atoms. The molecule has 6 heteroatoms. The van der Waals surface area contributed by atoms with Crippen LogP contribution in [0, 0.1) is 10.1 Å². The van der Waals surface area contributed by atoms with Gasteiger partial charge in [0.05, 0.1) is 11.1 Å². The molecule has 2 aliphatic rings. The second-order valence-electron chi connectivity index (χ2n) is 11.3. The van der Waals surface area contributed by atoms with E-state index in [1.165, 1.54) is 0 Å². The quantitative estimate of drug-likeness (QED) is 0.412. The van der Waals surface area contributed by atoms with Gasteiger partial charge >= 0.3 is 5.84 Å². The summed E-state index contributed by atoms with van der Waals surface area (Å²) in [6, 6.07) is 15.7. The molecule has 178 valence electrons. The van der Waals surface area contributed by atoms with Gasteiger partial charge in [-0.05, 0) is 83.4 Å². The standard InChI is InChI=1S/C28H34N4O2/c1-25(2)27(5,6)31(33)23(29-25)21-15-11-19(12-16-21)9-10-20-13-17-22(18-14-20)24-30-26(3,4)28(7,8)32(24)34/h9-18H,1-8H3/b10-9+. The van der Waals surface area contributed by atoms with Gasteiger partial charge < -0.3 is 10.3 Å². The summed E-state index contributed by atoms with van der Waals surface area (Å²) in [7, 11) is 0. The lowest BCUT2D eigenvalue weighted by Gasteiger charge is -2.45. The Morgan fingerprint density at radius 2 is 1.21 bits per heavy atom. The van der Waals surface area contributed by atoms with E-state index in [0.29, 0.717) is 11.7 Å². The smallest absolute Gasteiger partial charge is 0.364 e. The van der Waals surface area contributed by atoms with Crippen molar-refractivity contribution >= 4 is 23.8 Å². The molecule has 2 aromatic carbocycles. The van der Waals surface area contributed by atoms with E-state index >= 15 is 0 Å². The summed E-state index contributed by atoms with van der Waals surface area (Å²) in [4.78, 5) is 22.2. The van der Waals surface area contributed by atoms with Gasteiger partial charge in [-0.3, -0.25) is 4.99 Å². The van der Waals surface area contributed by atoms with Crippen LogP contribution in [0.4, 0.5) is 0 Å². The van der Waals surface area contributed by atoms with Crippen molar-refractivity contribution in [3.63, 3.8) is 0 Å². The summed E-state index contributed by atoms with van der Waals surface area (Å²) in [5, 5.41) is 13.8. The van der Waals surface area contributed by atoms with E-state index in [2.05, 4.69) is 9.98 Å². The highest BCUT2D eigenvalue weighted by Crippen LogP contribution is 2.38. The van der Waals surface area contributed by atoms with Crippen LogP contribution >= 0.6 is 0 Å². The van der Waals surface area contributed by atoms with Gasteiger partial charge in [-0.25, -0.2) is 0 Å². The molecule has 0 saturated carbocycles. The van der Waals surface area contributed by atoms with E-state index in [1.807, 2.05) is 116 Å². The maximum atomic E-state index is 12.8. The highest BCUT2D eigenvalue weighted by molar-refractivity contribution is 6.01. The fourth-order valence-corrected chi connectivity index (χ4v) is 3.96. The Morgan fingerprint density at radius 3 is 1.59 bits per heavy atom. The molecule has 0 aliphatic carbocycles. The molecule has 0 radical (unpaired) electrons. The minimum Gasteiger partial charge on any atom is -0.757 e. The summed E-state index contributed by atoms with van der Waals surface area (Å²) in [6.45, 7) is 15.7. The Kier molecular flexibility index (Phi) is 5.44. The highest BCUT2D eigenvalue weighted by Gasteiger charge is 2.59. The van der Waals surface area contributed by atoms with Crippen LogP contribution in [-0.2, 0) is 0 Å². The first kappa shape index (κ1) is 24.0. The molecule has 0 spiro atoms. The van der Waals surface area contributed by atoms with Crippen molar-refractivity contribution < 1.29 is 4.76 Å². The van der Waals surface area contributed by atoms with Crippen LogP contribution in [0.1, 0.15) is 77.6 Å². The van der Waals surface area contributed by atoms with Gasteiger partial charge in [-0.2, -0.15) is 0 Å². The fraction of sp³-hybridized carbons (Fsp3) is 0.429. The Labute approximate surface area is 202 Å². The zero-order valence-corrected chi connectivity index (χ0v) is 21.4. The number of hydroxylamine groups is 2. The van der Waals surface area contributed by atoms with E-state index in [4.69, 9.17) is 0 Å². The summed E-state index contributed by atoms with van der Waals surface area (Å²) < 4.78 is 1.03. The van der Waals surface area contributed by atoms with Gasteiger partial charge in [0.1, 0.15) is 5.84 Å². The van der Waals surface area contributed by atoms with Crippen LogP contribution in [0.15, 0.2) is 58.5 Å². The topological polar surface area (TPSA) is 71.1 Å². The van der Waals surface area contributed by atoms with Crippen LogP contribution in [0.5, 0.6) is 0 Å². The lowest BCUT2D eigenvalue weighted by atomic mass is 9.84. The maximum Gasteiger partial charge on any atom is 0.364 e. The molecule has 4 rings (SSSR count). The van der Waals surface area contributed by atoms with Crippen molar-refractivity contribution in [1.29, 1.82) is 0 Å². The second kappa shape index (κ2) is 7.70. The molecule has 0 aromatic heterocycles. The molecule has 0 saturated heterocycles. The van der Waals surface area contributed by atoms with Crippen molar-refractivity contribution in [3.05, 3.63) is 80.9 Å². The average molecular weight is 459 g/mol. The fourth-order valence-electron chi connectivity index (χ4n) is 3.96. The molecule has 0 atom stereocenters. The van der Waals surface area contributed by atoms with Crippen molar-refractivity contribution in [3.8, 4) is 0 Å². The van der Waals surface area contributed by atoms with Gasteiger partial charge in [0.2, 0.25) is 0 Å². The number of hydrogen-bond donors (Lipinski definition) is 0. The van der Waals surface area contributed by atoms with E-state index in [-0.39, 0.29) is 0 Å². The van der Waals surface area contributed by atoms with E-state index in [1.54, 1.807) is 0 Å². The number of aliphatic imine (C=N–C) groups is 2. The van der Waals surface area contributed by atoms with Gasteiger partial charge in [-0.1, -0.05) is 58.4 Å².